The molecule has 2 heteroatoms. The topological polar surface area (TPSA) is 3.24 Å². The molecule has 1 aliphatic heterocycles. The Hall–Kier alpha value is -0.655. The van der Waals surface area contributed by atoms with Crippen LogP contribution in [0.1, 0.15) is 41.5 Å². The molecule has 0 aliphatic carbocycles. The molecule has 0 saturated carbocycles. The fourth-order valence-corrected chi connectivity index (χ4v) is 2.30. The van der Waals surface area contributed by atoms with Gasteiger partial charge in [-0.25, -0.2) is 0 Å². The summed E-state index contributed by atoms with van der Waals surface area (Å²) < 4.78 is 0. The van der Waals surface area contributed by atoms with Crippen LogP contribution in [0, 0.1) is 5.92 Å². The fourth-order valence-electron chi connectivity index (χ4n) is 2.30. The smallest absolute Gasteiger partial charge is 0.283 e. The molecule has 0 atom stereocenters. The van der Waals surface area contributed by atoms with Crippen LogP contribution in [0.2, 0.25) is 5.82 Å². The first kappa shape index (κ1) is 12.4. The van der Waals surface area contributed by atoms with E-state index >= 15 is 0 Å². The van der Waals surface area contributed by atoms with E-state index in [2.05, 4.69) is 64.5 Å². The normalized spacial score (nSPS) is 17.0. The van der Waals surface area contributed by atoms with Crippen LogP contribution >= 0.6 is 0 Å². The Morgan fingerprint density at radius 3 is 2.07 bits per heavy atom. The maximum Gasteiger partial charge on any atom is 0.283 e. The SMILES string of the molecule is CC(C)B1C=CC=C(C(C)C)N1C(C)C. The zero-order valence-corrected chi connectivity index (χ0v) is 11.0. The number of rotatable bonds is 3. The van der Waals surface area contributed by atoms with Crippen molar-refractivity contribution < 1.29 is 0 Å². The Morgan fingerprint density at radius 2 is 1.67 bits per heavy atom. The van der Waals surface area contributed by atoms with Crippen molar-refractivity contribution in [3.63, 3.8) is 0 Å². The van der Waals surface area contributed by atoms with E-state index < -0.39 is 0 Å². The molecular formula is C13H24BN. The van der Waals surface area contributed by atoms with E-state index in [0.717, 1.165) is 0 Å². The molecule has 15 heavy (non-hydrogen) atoms. The molecule has 1 aliphatic rings. The van der Waals surface area contributed by atoms with Crippen LogP contribution < -0.4 is 0 Å². The van der Waals surface area contributed by atoms with Gasteiger partial charge in [0.15, 0.2) is 0 Å². The van der Waals surface area contributed by atoms with E-state index in [0.29, 0.717) is 24.6 Å². The van der Waals surface area contributed by atoms with Gasteiger partial charge in [-0.3, -0.25) is 0 Å². The average molecular weight is 205 g/mol. The minimum atomic E-state index is 0.562. The van der Waals surface area contributed by atoms with Gasteiger partial charge in [-0.15, -0.1) is 0 Å². The summed E-state index contributed by atoms with van der Waals surface area (Å²) in [5.74, 6) is 3.61. The molecular weight excluding hydrogens is 181 g/mol. The van der Waals surface area contributed by atoms with E-state index in [1.54, 1.807) is 0 Å². The van der Waals surface area contributed by atoms with Crippen molar-refractivity contribution in [1.29, 1.82) is 0 Å². The van der Waals surface area contributed by atoms with Crippen LogP contribution in [0.5, 0.6) is 0 Å². The third-order valence-electron chi connectivity index (χ3n) is 3.03. The minimum Gasteiger partial charge on any atom is -0.412 e. The molecule has 0 bridgehead atoms. The van der Waals surface area contributed by atoms with Gasteiger partial charge >= 0.3 is 0 Å². The second-order valence-corrected chi connectivity index (χ2v) is 5.37. The Bertz CT molecular complexity index is 264. The lowest BCUT2D eigenvalue weighted by atomic mass is 9.49. The van der Waals surface area contributed by atoms with E-state index in [-0.39, 0.29) is 0 Å². The van der Waals surface area contributed by atoms with Gasteiger partial charge in [-0.1, -0.05) is 39.7 Å². The van der Waals surface area contributed by atoms with Crippen LogP contribution in [-0.4, -0.2) is 17.7 Å². The third-order valence-corrected chi connectivity index (χ3v) is 3.03. The summed E-state index contributed by atoms with van der Waals surface area (Å²) in [6.45, 7) is 14.3. The van der Waals surface area contributed by atoms with Crippen LogP contribution in [-0.2, 0) is 0 Å². The molecule has 0 aromatic carbocycles. The first-order chi connectivity index (χ1) is 6.95. The van der Waals surface area contributed by atoms with Gasteiger partial charge in [0.25, 0.3) is 6.85 Å². The molecule has 1 heterocycles. The van der Waals surface area contributed by atoms with Crippen LogP contribution in [0.15, 0.2) is 23.8 Å². The monoisotopic (exact) mass is 205 g/mol. The molecule has 84 valence electrons. The standard InChI is InChI=1S/C13H24BN/c1-10(2)13-8-7-9-14(11(3)4)15(13)12(5)6/h7-12H,1-6H3. The molecule has 1 nitrogen and oxygen atoms in total. The van der Waals surface area contributed by atoms with Crippen molar-refractivity contribution in [3.05, 3.63) is 23.8 Å². The van der Waals surface area contributed by atoms with Gasteiger partial charge in [0.05, 0.1) is 0 Å². The first-order valence-corrected chi connectivity index (χ1v) is 6.11. The zero-order chi connectivity index (χ0) is 11.6. The summed E-state index contributed by atoms with van der Waals surface area (Å²) in [5.41, 5.74) is 1.48. The lowest BCUT2D eigenvalue weighted by molar-refractivity contribution is 0.392. The second kappa shape index (κ2) is 4.91. The summed E-state index contributed by atoms with van der Waals surface area (Å²) in [7, 11) is 0. The molecule has 0 saturated heterocycles. The average Bonchev–Trinajstić information content (AvgIpc) is 2.16. The second-order valence-electron chi connectivity index (χ2n) is 5.37. The first-order valence-electron chi connectivity index (χ1n) is 6.11. The molecule has 0 fully saturated rings. The van der Waals surface area contributed by atoms with E-state index in [9.17, 15) is 0 Å². The quantitative estimate of drug-likeness (QED) is 0.634. The van der Waals surface area contributed by atoms with E-state index in [1.807, 2.05) is 0 Å². The summed E-state index contributed by atoms with van der Waals surface area (Å²) in [4.78, 5) is 2.56. The van der Waals surface area contributed by atoms with Crippen molar-refractivity contribution in [1.82, 2.24) is 4.81 Å². The van der Waals surface area contributed by atoms with E-state index in [4.69, 9.17) is 0 Å². The predicted octanol–water partition coefficient (Wildman–Crippen LogP) is 3.75. The van der Waals surface area contributed by atoms with Gasteiger partial charge in [-0.2, -0.15) is 0 Å². The summed E-state index contributed by atoms with van der Waals surface area (Å²) in [5, 5.41) is 0. The van der Waals surface area contributed by atoms with Crippen LogP contribution in [0.4, 0.5) is 0 Å². The van der Waals surface area contributed by atoms with Gasteiger partial charge < -0.3 is 4.81 Å². The number of hydrogen-bond donors (Lipinski definition) is 0. The molecule has 0 aromatic heterocycles. The molecule has 0 aromatic rings. The molecule has 0 spiro atoms. The maximum atomic E-state index is 2.56. The predicted molar refractivity (Wildman–Crippen MR) is 69.9 cm³/mol. The highest BCUT2D eigenvalue weighted by molar-refractivity contribution is 6.63. The molecule has 0 N–H and O–H groups in total. The summed E-state index contributed by atoms with van der Waals surface area (Å²) in [6.07, 6.45) is 4.49. The summed E-state index contributed by atoms with van der Waals surface area (Å²) >= 11 is 0. The number of nitrogens with zero attached hydrogens (tertiary/aromatic N) is 1. The lowest BCUT2D eigenvalue weighted by Gasteiger charge is -2.41. The van der Waals surface area contributed by atoms with Crippen LogP contribution in [0.25, 0.3) is 0 Å². The zero-order valence-electron chi connectivity index (χ0n) is 11.0. The van der Waals surface area contributed by atoms with Gasteiger partial charge in [0, 0.05) is 11.7 Å². The van der Waals surface area contributed by atoms with Gasteiger partial charge in [-0.05, 0) is 31.7 Å². The van der Waals surface area contributed by atoms with Crippen molar-refractivity contribution in [2.75, 3.05) is 0 Å². The van der Waals surface area contributed by atoms with Crippen LogP contribution in [0.3, 0.4) is 0 Å². The highest BCUT2D eigenvalue weighted by Gasteiger charge is 2.30. The molecule has 1 rings (SSSR count). The Morgan fingerprint density at radius 1 is 1.07 bits per heavy atom. The number of allylic oxidation sites excluding steroid dienone is 3. The molecule has 0 radical (unpaired) electrons. The van der Waals surface area contributed by atoms with Crippen molar-refractivity contribution >= 4 is 6.85 Å². The van der Waals surface area contributed by atoms with Gasteiger partial charge in [0.2, 0.25) is 0 Å². The lowest BCUT2D eigenvalue weighted by Crippen LogP contribution is -2.46. The van der Waals surface area contributed by atoms with Crippen molar-refractivity contribution in [2.24, 2.45) is 5.92 Å². The molecule has 0 amide bonds. The fraction of sp³-hybridized carbons (Fsp3) is 0.692. The summed E-state index contributed by atoms with van der Waals surface area (Å²) in [6, 6.07) is 0.580. The molecule has 0 unspecified atom stereocenters. The minimum absolute atomic E-state index is 0.562. The third kappa shape index (κ3) is 2.67. The largest absolute Gasteiger partial charge is 0.412 e. The van der Waals surface area contributed by atoms with Gasteiger partial charge in [0.1, 0.15) is 0 Å². The number of hydrogen-bond acceptors (Lipinski definition) is 1. The maximum absolute atomic E-state index is 2.56. The van der Waals surface area contributed by atoms with Crippen molar-refractivity contribution in [3.8, 4) is 0 Å². The Labute approximate surface area is 95.3 Å². The highest BCUT2D eigenvalue weighted by Crippen LogP contribution is 2.28. The van der Waals surface area contributed by atoms with E-state index in [1.165, 1.54) is 5.70 Å². The highest BCUT2D eigenvalue weighted by atomic mass is 15.1. The van der Waals surface area contributed by atoms with Crippen molar-refractivity contribution in [2.45, 2.75) is 53.4 Å². The Kier molecular flexibility index (Phi) is 4.07. The Balaban J connectivity index is 2.97.